The van der Waals surface area contributed by atoms with E-state index in [4.69, 9.17) is 18.7 Å². The van der Waals surface area contributed by atoms with E-state index in [1.165, 1.54) is 0 Å². The van der Waals surface area contributed by atoms with Crippen LogP contribution in [0.5, 0.6) is 0 Å². The zero-order valence-electron chi connectivity index (χ0n) is 11.6. The van der Waals surface area contributed by atoms with E-state index < -0.39 is 32.0 Å². The van der Waals surface area contributed by atoms with Crippen LogP contribution in [0.15, 0.2) is 0 Å². The predicted octanol–water partition coefficient (Wildman–Crippen LogP) is 3.39. The van der Waals surface area contributed by atoms with Gasteiger partial charge in [0.2, 0.25) is 6.79 Å². The molecule has 7 nitrogen and oxygen atoms in total. The molecule has 8 heteroatoms. The first-order chi connectivity index (χ1) is 7.83. The van der Waals surface area contributed by atoms with Crippen molar-refractivity contribution in [3.05, 3.63) is 0 Å². The van der Waals surface area contributed by atoms with E-state index in [2.05, 4.69) is 4.74 Å². The number of phosphoric acid groups is 1. The number of phosphoric ester groups is 1. The Labute approximate surface area is 107 Å². The molecule has 0 aromatic heterocycles. The van der Waals surface area contributed by atoms with Crippen molar-refractivity contribution in [2.24, 2.45) is 0 Å². The van der Waals surface area contributed by atoms with Crippen LogP contribution < -0.4 is 0 Å². The second-order valence-electron chi connectivity index (χ2n) is 5.51. The maximum atomic E-state index is 12.3. The van der Waals surface area contributed by atoms with Gasteiger partial charge in [-0.15, -0.1) is 0 Å². The second-order valence-corrected chi connectivity index (χ2v) is 7.03. The maximum absolute atomic E-state index is 12.3. The lowest BCUT2D eigenvalue weighted by atomic mass is 10.2. The Hall–Kier alpha value is -0.620. The van der Waals surface area contributed by atoms with E-state index in [1.54, 1.807) is 41.5 Å². The number of hydrogen-bond acceptors (Lipinski definition) is 6. The maximum Gasteiger partial charge on any atom is 0.507 e. The van der Waals surface area contributed by atoms with Crippen LogP contribution in [-0.2, 0) is 22.9 Å². The molecule has 0 bridgehead atoms. The fourth-order valence-electron chi connectivity index (χ4n) is 0.883. The molecule has 0 aromatic carbocycles. The molecule has 108 valence electrons. The van der Waals surface area contributed by atoms with Crippen molar-refractivity contribution in [3.8, 4) is 0 Å². The molecule has 0 aliphatic heterocycles. The summed E-state index contributed by atoms with van der Waals surface area (Å²) in [6.45, 7) is 9.32. The summed E-state index contributed by atoms with van der Waals surface area (Å²) < 4.78 is 31.7. The van der Waals surface area contributed by atoms with Gasteiger partial charge in [-0.3, -0.25) is 9.05 Å². The fraction of sp³-hybridized carbons (Fsp3) is 0.900. The highest BCUT2D eigenvalue weighted by Crippen LogP contribution is 2.55. The molecule has 0 radical (unpaired) electrons. The Balaban J connectivity index is 4.71. The number of hydrogen-bond donors (Lipinski definition) is 1. The summed E-state index contributed by atoms with van der Waals surface area (Å²) in [5.74, 6) is 0. The summed E-state index contributed by atoms with van der Waals surface area (Å²) in [6.07, 6.45) is -1.53. The quantitative estimate of drug-likeness (QED) is 0.470. The molecule has 0 fully saturated rings. The summed E-state index contributed by atoms with van der Waals surface area (Å²) in [5, 5.41) is 8.30. The Morgan fingerprint density at radius 2 is 1.44 bits per heavy atom. The largest absolute Gasteiger partial charge is 0.507 e. The van der Waals surface area contributed by atoms with E-state index >= 15 is 0 Å². The van der Waals surface area contributed by atoms with Crippen LogP contribution in [0.4, 0.5) is 4.79 Å². The molecular weight excluding hydrogens is 263 g/mol. The number of ether oxygens (including phenoxy) is 1. The van der Waals surface area contributed by atoms with E-state index in [1.807, 2.05) is 0 Å². The Morgan fingerprint density at radius 1 is 1.06 bits per heavy atom. The molecule has 0 unspecified atom stereocenters. The Kier molecular flexibility index (Phi) is 5.81. The summed E-state index contributed by atoms with van der Waals surface area (Å²) >= 11 is 0. The van der Waals surface area contributed by atoms with Crippen molar-refractivity contribution in [1.29, 1.82) is 0 Å². The lowest BCUT2D eigenvalue weighted by Gasteiger charge is -2.30. The average molecular weight is 284 g/mol. The number of rotatable bonds is 5. The minimum atomic E-state index is -3.91. The zero-order chi connectivity index (χ0) is 14.6. The van der Waals surface area contributed by atoms with Gasteiger partial charge in [0, 0.05) is 0 Å². The number of carboxylic acid groups (broad SMARTS) is 1. The molecule has 0 rings (SSSR count). The lowest BCUT2D eigenvalue weighted by molar-refractivity contribution is -0.0366. The molecule has 0 heterocycles. The fourth-order valence-corrected chi connectivity index (χ4v) is 2.55. The molecule has 0 amide bonds. The zero-order valence-corrected chi connectivity index (χ0v) is 12.4. The minimum Gasteiger partial charge on any atom is -0.450 e. The van der Waals surface area contributed by atoms with Gasteiger partial charge in [0.05, 0.1) is 11.2 Å². The van der Waals surface area contributed by atoms with Crippen LogP contribution in [0.3, 0.4) is 0 Å². The minimum absolute atomic E-state index is 0.723. The first-order valence-electron chi connectivity index (χ1n) is 5.35. The Bertz CT molecular complexity index is 306. The van der Waals surface area contributed by atoms with E-state index in [-0.39, 0.29) is 0 Å². The van der Waals surface area contributed by atoms with Gasteiger partial charge in [0.1, 0.15) is 0 Å². The summed E-state index contributed by atoms with van der Waals surface area (Å²) in [7, 11) is -3.91. The van der Waals surface area contributed by atoms with Gasteiger partial charge in [-0.25, -0.2) is 13.9 Å². The molecule has 0 spiro atoms. The van der Waals surface area contributed by atoms with Crippen molar-refractivity contribution >= 4 is 14.0 Å². The van der Waals surface area contributed by atoms with Crippen molar-refractivity contribution in [2.75, 3.05) is 6.79 Å². The van der Waals surface area contributed by atoms with Crippen LogP contribution in [0.25, 0.3) is 0 Å². The molecule has 0 saturated heterocycles. The van der Waals surface area contributed by atoms with Gasteiger partial charge >= 0.3 is 14.0 Å². The summed E-state index contributed by atoms with van der Waals surface area (Å²) in [6, 6.07) is 0. The molecule has 0 saturated carbocycles. The normalized spacial score (nSPS) is 13.4. The van der Waals surface area contributed by atoms with Crippen LogP contribution >= 0.6 is 7.82 Å². The third-order valence-corrected chi connectivity index (χ3v) is 3.13. The van der Waals surface area contributed by atoms with Crippen LogP contribution in [-0.4, -0.2) is 29.3 Å². The molecule has 0 aromatic rings. The molecule has 18 heavy (non-hydrogen) atoms. The smallest absolute Gasteiger partial charge is 0.450 e. The van der Waals surface area contributed by atoms with Gasteiger partial charge in [0.25, 0.3) is 0 Å². The molecular formula is C10H21O7P. The van der Waals surface area contributed by atoms with Crippen molar-refractivity contribution in [1.82, 2.24) is 0 Å². The predicted molar refractivity (Wildman–Crippen MR) is 64.3 cm³/mol. The van der Waals surface area contributed by atoms with Crippen molar-refractivity contribution < 1.29 is 32.8 Å². The highest BCUT2D eigenvalue weighted by molar-refractivity contribution is 7.48. The van der Waals surface area contributed by atoms with Crippen LogP contribution in [0, 0.1) is 0 Å². The summed E-state index contributed by atoms with van der Waals surface area (Å²) in [4.78, 5) is 10.2. The monoisotopic (exact) mass is 284 g/mol. The van der Waals surface area contributed by atoms with E-state index in [9.17, 15) is 9.36 Å². The standard InChI is InChI=1S/C10H21O7P/c1-9(2,3)16-18(13,17-10(4,5)6)15-7-14-8(11)12/h7H2,1-6H3,(H,11,12). The SMILES string of the molecule is CC(C)(C)OP(=O)(OCOC(=O)O)OC(C)(C)C. The van der Waals surface area contributed by atoms with Gasteiger partial charge in [-0.1, -0.05) is 0 Å². The van der Waals surface area contributed by atoms with Crippen LogP contribution in [0.1, 0.15) is 41.5 Å². The van der Waals surface area contributed by atoms with Gasteiger partial charge in [0.15, 0.2) is 0 Å². The lowest BCUT2D eigenvalue weighted by Crippen LogP contribution is -2.25. The highest BCUT2D eigenvalue weighted by Gasteiger charge is 2.37. The second kappa shape index (κ2) is 6.02. The van der Waals surface area contributed by atoms with Gasteiger partial charge in [-0.05, 0) is 41.5 Å². The molecule has 0 aliphatic rings. The Morgan fingerprint density at radius 3 is 1.72 bits per heavy atom. The average Bonchev–Trinajstić information content (AvgIpc) is 1.93. The molecule has 0 aliphatic carbocycles. The van der Waals surface area contributed by atoms with Gasteiger partial charge in [-0.2, -0.15) is 0 Å². The molecule has 1 N–H and O–H groups in total. The van der Waals surface area contributed by atoms with Crippen molar-refractivity contribution in [2.45, 2.75) is 52.7 Å². The highest BCUT2D eigenvalue weighted by atomic mass is 31.2. The first kappa shape index (κ1) is 17.4. The van der Waals surface area contributed by atoms with Crippen LogP contribution in [0.2, 0.25) is 0 Å². The van der Waals surface area contributed by atoms with Gasteiger partial charge < -0.3 is 9.84 Å². The third-order valence-electron chi connectivity index (χ3n) is 1.16. The third kappa shape index (κ3) is 9.41. The number of carbonyl (C=O) groups is 1. The summed E-state index contributed by atoms with van der Waals surface area (Å²) in [5.41, 5.74) is -1.55. The molecule has 0 atom stereocenters. The first-order valence-corrected chi connectivity index (χ1v) is 6.81. The topological polar surface area (TPSA) is 91.3 Å². The van der Waals surface area contributed by atoms with E-state index in [0.717, 1.165) is 0 Å². The van der Waals surface area contributed by atoms with E-state index in [0.29, 0.717) is 0 Å². The van der Waals surface area contributed by atoms with Crippen molar-refractivity contribution in [3.63, 3.8) is 0 Å².